The van der Waals surface area contributed by atoms with Gasteiger partial charge in [0.2, 0.25) is 5.91 Å². The van der Waals surface area contributed by atoms with Crippen LogP contribution in [0.25, 0.3) is 0 Å². The molecule has 0 saturated carbocycles. The summed E-state index contributed by atoms with van der Waals surface area (Å²) in [5.74, 6) is 2.02. The maximum atomic E-state index is 13.9. The fourth-order valence-electron chi connectivity index (χ4n) is 4.71. The van der Waals surface area contributed by atoms with Crippen LogP contribution in [-0.4, -0.2) is 57.2 Å². The Morgan fingerprint density at radius 1 is 0.698 bits per heavy atom. The summed E-state index contributed by atoms with van der Waals surface area (Å²) in [6.07, 6.45) is 0.921. The summed E-state index contributed by atoms with van der Waals surface area (Å²) in [5, 5.41) is 3.07. The first-order valence-corrected chi connectivity index (χ1v) is 14.1. The second kappa shape index (κ2) is 15.9. The summed E-state index contributed by atoms with van der Waals surface area (Å²) in [4.78, 5) is 29.2. The summed E-state index contributed by atoms with van der Waals surface area (Å²) in [5.41, 5.74) is 2.80. The van der Waals surface area contributed by atoms with Crippen LogP contribution in [0.15, 0.2) is 103 Å². The number of hydrogen-bond acceptors (Lipinski definition) is 6. The van der Waals surface area contributed by atoms with Crippen molar-refractivity contribution in [3.8, 4) is 23.0 Å². The average Bonchev–Trinajstić information content (AvgIpc) is 3.06. The molecule has 0 bridgehead atoms. The van der Waals surface area contributed by atoms with E-state index in [1.165, 1.54) is 0 Å². The van der Waals surface area contributed by atoms with Crippen molar-refractivity contribution in [2.45, 2.75) is 25.4 Å². The minimum Gasteiger partial charge on any atom is -0.497 e. The summed E-state index contributed by atoms with van der Waals surface area (Å²) in [7, 11) is 4.79. The molecule has 1 atom stereocenters. The van der Waals surface area contributed by atoms with Crippen molar-refractivity contribution in [1.29, 1.82) is 0 Å². The monoisotopic (exact) mass is 582 g/mol. The molecule has 0 radical (unpaired) electrons. The lowest BCUT2D eigenvalue weighted by atomic mass is 10.0. The van der Waals surface area contributed by atoms with Gasteiger partial charge >= 0.3 is 0 Å². The molecule has 0 aliphatic heterocycles. The molecule has 0 aromatic heterocycles. The van der Waals surface area contributed by atoms with Crippen LogP contribution >= 0.6 is 0 Å². The zero-order valence-electron chi connectivity index (χ0n) is 24.8. The zero-order chi connectivity index (χ0) is 30.4. The largest absolute Gasteiger partial charge is 0.497 e. The quantitative estimate of drug-likeness (QED) is 0.210. The Labute approximate surface area is 253 Å². The Kier molecular flexibility index (Phi) is 11.4. The number of nitrogens with one attached hydrogen (secondary N) is 1. The van der Waals surface area contributed by atoms with Crippen molar-refractivity contribution < 1.29 is 28.5 Å². The topological polar surface area (TPSA) is 86.3 Å². The van der Waals surface area contributed by atoms with Gasteiger partial charge in [0.15, 0.2) is 18.1 Å². The molecule has 0 aliphatic rings. The summed E-state index contributed by atoms with van der Waals surface area (Å²) in [6.45, 7) is 0.399. The predicted molar refractivity (Wildman–Crippen MR) is 166 cm³/mol. The third kappa shape index (κ3) is 9.00. The van der Waals surface area contributed by atoms with Crippen LogP contribution in [0.5, 0.6) is 23.0 Å². The molecule has 8 heteroatoms. The number of hydrogen-bond donors (Lipinski definition) is 1. The molecule has 4 aromatic rings. The standard InChI is InChI=1S/C35H38N2O6/c1-40-29-17-14-28(15-18-29)24-37(34(38)25-43-30-12-8-5-9-13-30)31(22-26-10-6-4-7-11-26)35(39)36-21-20-27-16-19-32(41-2)33(23-27)42-3/h4-19,23,31H,20-22,24-25H2,1-3H3,(H,36,39). The van der Waals surface area contributed by atoms with Crippen LogP contribution in [-0.2, 0) is 29.0 Å². The Balaban J connectivity index is 1.56. The number of carbonyl (C=O) groups excluding carboxylic acids is 2. The molecule has 1 N–H and O–H groups in total. The predicted octanol–water partition coefficient (Wildman–Crippen LogP) is 5.09. The third-order valence-electron chi connectivity index (χ3n) is 7.05. The van der Waals surface area contributed by atoms with Gasteiger partial charge in [-0.05, 0) is 59.5 Å². The molecular weight excluding hydrogens is 544 g/mol. The number of rotatable bonds is 15. The van der Waals surface area contributed by atoms with E-state index in [0.717, 1.165) is 16.7 Å². The van der Waals surface area contributed by atoms with E-state index in [-0.39, 0.29) is 25.0 Å². The number of ether oxygens (including phenoxy) is 4. The normalized spacial score (nSPS) is 11.2. The molecule has 1 unspecified atom stereocenters. The van der Waals surface area contributed by atoms with E-state index in [1.807, 2.05) is 91.0 Å². The number of methoxy groups -OCH3 is 3. The molecule has 4 aromatic carbocycles. The van der Waals surface area contributed by atoms with Gasteiger partial charge in [-0.25, -0.2) is 0 Å². The van der Waals surface area contributed by atoms with Crippen LogP contribution < -0.4 is 24.3 Å². The minimum atomic E-state index is -0.776. The Bertz CT molecular complexity index is 1440. The summed E-state index contributed by atoms with van der Waals surface area (Å²) >= 11 is 0. The van der Waals surface area contributed by atoms with Crippen LogP contribution in [0.2, 0.25) is 0 Å². The first-order valence-electron chi connectivity index (χ1n) is 14.1. The van der Waals surface area contributed by atoms with E-state index < -0.39 is 6.04 Å². The second-order valence-corrected chi connectivity index (χ2v) is 9.91. The van der Waals surface area contributed by atoms with Crippen LogP contribution in [0.4, 0.5) is 0 Å². The van der Waals surface area contributed by atoms with E-state index in [4.69, 9.17) is 18.9 Å². The molecule has 0 saturated heterocycles. The van der Waals surface area contributed by atoms with E-state index in [2.05, 4.69) is 5.32 Å². The van der Waals surface area contributed by atoms with Crippen molar-refractivity contribution in [2.75, 3.05) is 34.5 Å². The molecule has 224 valence electrons. The van der Waals surface area contributed by atoms with Gasteiger partial charge in [0.25, 0.3) is 5.91 Å². The highest BCUT2D eigenvalue weighted by molar-refractivity contribution is 5.88. The summed E-state index contributed by atoms with van der Waals surface area (Å²) < 4.78 is 21.9. The molecule has 8 nitrogen and oxygen atoms in total. The van der Waals surface area contributed by atoms with Crippen molar-refractivity contribution >= 4 is 11.8 Å². The maximum Gasteiger partial charge on any atom is 0.261 e. The van der Waals surface area contributed by atoms with E-state index >= 15 is 0 Å². The number of nitrogens with zero attached hydrogens (tertiary/aromatic N) is 1. The van der Waals surface area contributed by atoms with E-state index in [9.17, 15) is 9.59 Å². The lowest BCUT2D eigenvalue weighted by Crippen LogP contribution is -2.52. The zero-order valence-corrected chi connectivity index (χ0v) is 24.8. The van der Waals surface area contributed by atoms with Crippen LogP contribution in [0.1, 0.15) is 16.7 Å². The van der Waals surface area contributed by atoms with Gasteiger partial charge in [-0.3, -0.25) is 9.59 Å². The lowest BCUT2D eigenvalue weighted by molar-refractivity contribution is -0.142. The molecular formula is C35H38N2O6. The van der Waals surface area contributed by atoms with Gasteiger partial charge in [-0.1, -0.05) is 66.7 Å². The molecule has 2 amide bonds. The molecule has 43 heavy (non-hydrogen) atoms. The van der Waals surface area contributed by atoms with Gasteiger partial charge in [-0.2, -0.15) is 0 Å². The van der Waals surface area contributed by atoms with Crippen LogP contribution in [0, 0.1) is 0 Å². The Hall–Kier alpha value is -4.98. The van der Waals surface area contributed by atoms with E-state index in [0.29, 0.717) is 42.4 Å². The number of carbonyl (C=O) groups is 2. The minimum absolute atomic E-state index is 0.204. The number of benzene rings is 4. The highest BCUT2D eigenvalue weighted by Gasteiger charge is 2.30. The number of para-hydroxylation sites is 1. The van der Waals surface area contributed by atoms with Gasteiger partial charge in [-0.15, -0.1) is 0 Å². The fraction of sp³-hybridized carbons (Fsp3) is 0.257. The highest BCUT2D eigenvalue weighted by atomic mass is 16.5. The van der Waals surface area contributed by atoms with Crippen molar-refractivity contribution in [1.82, 2.24) is 10.2 Å². The van der Waals surface area contributed by atoms with Crippen molar-refractivity contribution in [2.24, 2.45) is 0 Å². The van der Waals surface area contributed by atoms with Gasteiger partial charge in [0.1, 0.15) is 17.5 Å². The Morgan fingerprint density at radius 2 is 1.35 bits per heavy atom. The SMILES string of the molecule is COc1ccc(CN(C(=O)COc2ccccc2)C(Cc2ccccc2)C(=O)NCCc2ccc(OC)c(OC)c2)cc1. The highest BCUT2D eigenvalue weighted by Crippen LogP contribution is 2.27. The average molecular weight is 583 g/mol. The molecule has 0 aliphatic carbocycles. The van der Waals surface area contributed by atoms with Crippen LogP contribution in [0.3, 0.4) is 0 Å². The van der Waals surface area contributed by atoms with Gasteiger partial charge in [0.05, 0.1) is 21.3 Å². The molecule has 0 heterocycles. The van der Waals surface area contributed by atoms with Gasteiger partial charge in [0, 0.05) is 19.5 Å². The third-order valence-corrected chi connectivity index (χ3v) is 7.05. The van der Waals surface area contributed by atoms with Gasteiger partial charge < -0.3 is 29.2 Å². The van der Waals surface area contributed by atoms with Crippen molar-refractivity contribution in [3.63, 3.8) is 0 Å². The maximum absolute atomic E-state index is 13.9. The molecule has 0 fully saturated rings. The second-order valence-electron chi connectivity index (χ2n) is 9.91. The smallest absolute Gasteiger partial charge is 0.261 e. The first-order chi connectivity index (χ1) is 21.0. The number of amides is 2. The van der Waals surface area contributed by atoms with E-state index in [1.54, 1.807) is 38.4 Å². The molecule has 4 rings (SSSR count). The van der Waals surface area contributed by atoms with Crippen molar-refractivity contribution in [3.05, 3.63) is 120 Å². The fourth-order valence-corrected chi connectivity index (χ4v) is 4.71. The summed E-state index contributed by atoms with van der Waals surface area (Å²) in [6, 6.07) is 31.2. The first kappa shape index (κ1) is 31.0. The Morgan fingerprint density at radius 3 is 2.00 bits per heavy atom. The lowest BCUT2D eigenvalue weighted by Gasteiger charge is -2.31. The molecule has 0 spiro atoms.